The fraction of sp³-hybridized carbons (Fsp3) is 0.500. The molecule has 1 aromatic rings. The summed E-state index contributed by atoms with van der Waals surface area (Å²) in [5.41, 5.74) is 0.864. The highest BCUT2D eigenvalue weighted by Gasteiger charge is 2.28. The zero-order valence-electron chi connectivity index (χ0n) is 11.0. The molecule has 0 aliphatic carbocycles. The van der Waals surface area contributed by atoms with Crippen LogP contribution in [0.15, 0.2) is 24.3 Å². The lowest BCUT2D eigenvalue weighted by Crippen LogP contribution is -2.44. The summed E-state index contributed by atoms with van der Waals surface area (Å²) < 4.78 is 12.7. The van der Waals surface area contributed by atoms with Crippen LogP contribution in [0.25, 0.3) is 0 Å². The molecule has 1 aromatic carbocycles. The number of carbonyl (C=O) groups excluding carboxylic acids is 1. The second kappa shape index (κ2) is 6.12. The number of rotatable bonds is 4. The van der Waals surface area contributed by atoms with E-state index in [1.165, 1.54) is 12.1 Å². The summed E-state index contributed by atoms with van der Waals surface area (Å²) >= 11 is 0. The monoisotopic (exact) mass is 266 g/mol. The largest absolute Gasteiger partial charge is 0.392 e. The molecule has 19 heavy (non-hydrogen) atoms. The lowest BCUT2D eigenvalue weighted by atomic mass is 10.2. The molecule has 0 saturated carbocycles. The number of β-amino-alcohol motifs (C(OH)–C–C–N with tert-alkyl or cyclic N) is 1. The third kappa shape index (κ3) is 3.75. The number of amides is 1. The molecule has 0 bridgehead atoms. The molecule has 0 radical (unpaired) electrons. The van der Waals surface area contributed by atoms with E-state index in [1.807, 2.05) is 11.8 Å². The van der Waals surface area contributed by atoms with Gasteiger partial charge in [-0.3, -0.25) is 9.69 Å². The summed E-state index contributed by atoms with van der Waals surface area (Å²) in [5, 5.41) is 12.3. The molecule has 104 valence electrons. The summed E-state index contributed by atoms with van der Waals surface area (Å²) in [6, 6.07) is 5.81. The van der Waals surface area contributed by atoms with Crippen LogP contribution >= 0.6 is 0 Å². The van der Waals surface area contributed by atoms with Crippen molar-refractivity contribution < 1.29 is 14.3 Å². The highest BCUT2D eigenvalue weighted by atomic mass is 19.1. The zero-order valence-corrected chi connectivity index (χ0v) is 11.0. The zero-order chi connectivity index (χ0) is 13.8. The van der Waals surface area contributed by atoms with Crippen LogP contribution in [0.3, 0.4) is 0 Å². The van der Waals surface area contributed by atoms with E-state index >= 15 is 0 Å². The minimum atomic E-state index is -0.327. The van der Waals surface area contributed by atoms with Crippen molar-refractivity contribution in [2.45, 2.75) is 32.0 Å². The van der Waals surface area contributed by atoms with Crippen molar-refractivity contribution in [3.05, 3.63) is 35.6 Å². The van der Waals surface area contributed by atoms with Crippen LogP contribution < -0.4 is 5.32 Å². The van der Waals surface area contributed by atoms with E-state index in [2.05, 4.69) is 5.32 Å². The molecule has 1 aliphatic rings. The summed E-state index contributed by atoms with van der Waals surface area (Å²) in [6.45, 7) is 3.51. The first-order valence-corrected chi connectivity index (χ1v) is 6.50. The number of nitrogens with one attached hydrogen (secondary N) is 1. The quantitative estimate of drug-likeness (QED) is 0.851. The van der Waals surface area contributed by atoms with Crippen LogP contribution in [0, 0.1) is 5.82 Å². The smallest absolute Gasteiger partial charge is 0.237 e. The Morgan fingerprint density at radius 2 is 2.21 bits per heavy atom. The summed E-state index contributed by atoms with van der Waals surface area (Å²) in [7, 11) is 0. The fourth-order valence-corrected chi connectivity index (χ4v) is 2.22. The molecule has 1 unspecified atom stereocenters. The average Bonchev–Trinajstić information content (AvgIpc) is 2.83. The maximum absolute atomic E-state index is 12.7. The van der Waals surface area contributed by atoms with Crippen LogP contribution in [0.4, 0.5) is 4.39 Å². The van der Waals surface area contributed by atoms with E-state index in [1.54, 1.807) is 12.1 Å². The molecule has 4 nitrogen and oxygen atoms in total. The van der Waals surface area contributed by atoms with E-state index in [-0.39, 0.29) is 23.9 Å². The van der Waals surface area contributed by atoms with Crippen molar-refractivity contribution in [2.75, 3.05) is 13.1 Å². The fourth-order valence-electron chi connectivity index (χ4n) is 2.22. The predicted octanol–water partition coefficient (Wildman–Crippen LogP) is 0.897. The molecule has 5 heteroatoms. The van der Waals surface area contributed by atoms with E-state index in [0.29, 0.717) is 13.1 Å². The minimum Gasteiger partial charge on any atom is -0.392 e. The Balaban J connectivity index is 1.82. The van der Waals surface area contributed by atoms with Gasteiger partial charge in [-0.05, 0) is 31.0 Å². The van der Waals surface area contributed by atoms with Crippen molar-refractivity contribution in [3.63, 3.8) is 0 Å². The second-order valence-corrected chi connectivity index (χ2v) is 4.96. The third-order valence-corrected chi connectivity index (χ3v) is 3.50. The molecule has 0 spiro atoms. The topological polar surface area (TPSA) is 52.6 Å². The van der Waals surface area contributed by atoms with Gasteiger partial charge < -0.3 is 10.4 Å². The van der Waals surface area contributed by atoms with Gasteiger partial charge in [-0.2, -0.15) is 0 Å². The van der Waals surface area contributed by atoms with Crippen molar-refractivity contribution >= 4 is 5.91 Å². The number of aliphatic hydroxyl groups excluding tert-OH is 1. The highest BCUT2D eigenvalue weighted by molar-refractivity contribution is 5.81. The number of carbonyl (C=O) groups is 1. The van der Waals surface area contributed by atoms with Crippen LogP contribution in [0.2, 0.25) is 0 Å². The van der Waals surface area contributed by atoms with Crippen LogP contribution in [-0.2, 0) is 11.3 Å². The summed E-state index contributed by atoms with van der Waals surface area (Å²) in [6.07, 6.45) is 0.391. The van der Waals surface area contributed by atoms with E-state index in [0.717, 1.165) is 18.5 Å². The molecule has 1 amide bonds. The van der Waals surface area contributed by atoms with Gasteiger partial charge in [0.05, 0.1) is 12.1 Å². The summed E-state index contributed by atoms with van der Waals surface area (Å²) in [5.74, 6) is -0.354. The van der Waals surface area contributed by atoms with Gasteiger partial charge in [0.1, 0.15) is 5.82 Å². The first-order valence-electron chi connectivity index (χ1n) is 6.50. The van der Waals surface area contributed by atoms with Crippen LogP contribution in [-0.4, -0.2) is 41.1 Å². The van der Waals surface area contributed by atoms with Gasteiger partial charge in [0, 0.05) is 19.6 Å². The van der Waals surface area contributed by atoms with Crippen molar-refractivity contribution in [1.82, 2.24) is 10.2 Å². The first kappa shape index (κ1) is 14.0. The Labute approximate surface area is 112 Å². The Bertz CT molecular complexity index is 436. The lowest BCUT2D eigenvalue weighted by Gasteiger charge is -2.22. The average molecular weight is 266 g/mol. The van der Waals surface area contributed by atoms with Crippen molar-refractivity contribution in [1.29, 1.82) is 0 Å². The number of hydrogen-bond donors (Lipinski definition) is 2. The molecule has 1 saturated heterocycles. The van der Waals surface area contributed by atoms with Gasteiger partial charge in [-0.15, -0.1) is 0 Å². The second-order valence-electron chi connectivity index (χ2n) is 4.96. The number of aliphatic hydroxyl groups is 1. The van der Waals surface area contributed by atoms with Crippen molar-refractivity contribution in [2.24, 2.45) is 0 Å². The SMILES string of the molecule is CC(C(=O)NCc1ccc(F)cc1)N1CC[C@H](O)C1. The maximum Gasteiger partial charge on any atom is 0.237 e. The van der Waals surface area contributed by atoms with E-state index < -0.39 is 0 Å². The highest BCUT2D eigenvalue weighted by Crippen LogP contribution is 2.12. The van der Waals surface area contributed by atoms with E-state index in [4.69, 9.17) is 0 Å². The number of halogens is 1. The Kier molecular flexibility index (Phi) is 4.50. The molecule has 2 rings (SSSR count). The molecule has 1 heterocycles. The molecule has 1 aliphatic heterocycles. The normalized spacial score (nSPS) is 21.3. The standard InChI is InChI=1S/C14H19FN2O2/c1-10(17-7-6-13(18)9-17)14(19)16-8-11-2-4-12(15)5-3-11/h2-5,10,13,18H,6-9H2,1H3,(H,16,19)/t10?,13-/m0/s1. The Morgan fingerprint density at radius 3 is 2.79 bits per heavy atom. The van der Waals surface area contributed by atoms with Crippen LogP contribution in [0.5, 0.6) is 0 Å². The maximum atomic E-state index is 12.7. The third-order valence-electron chi connectivity index (χ3n) is 3.50. The van der Waals surface area contributed by atoms with Gasteiger partial charge in [-0.25, -0.2) is 4.39 Å². The molecule has 0 aromatic heterocycles. The molecular formula is C14H19FN2O2. The Morgan fingerprint density at radius 1 is 1.53 bits per heavy atom. The van der Waals surface area contributed by atoms with Gasteiger partial charge in [-0.1, -0.05) is 12.1 Å². The number of nitrogens with zero attached hydrogens (tertiary/aromatic N) is 1. The predicted molar refractivity (Wildman–Crippen MR) is 69.9 cm³/mol. The lowest BCUT2D eigenvalue weighted by molar-refractivity contribution is -0.125. The number of benzene rings is 1. The minimum absolute atomic E-state index is 0.0709. The van der Waals surface area contributed by atoms with Crippen LogP contribution in [0.1, 0.15) is 18.9 Å². The van der Waals surface area contributed by atoms with Gasteiger partial charge in [0.2, 0.25) is 5.91 Å². The molecule has 2 atom stereocenters. The summed E-state index contributed by atoms with van der Waals surface area (Å²) in [4.78, 5) is 13.9. The molecular weight excluding hydrogens is 247 g/mol. The van der Waals surface area contributed by atoms with Crippen molar-refractivity contribution in [3.8, 4) is 0 Å². The number of hydrogen-bond acceptors (Lipinski definition) is 3. The van der Waals surface area contributed by atoms with Gasteiger partial charge in [0.25, 0.3) is 0 Å². The first-order chi connectivity index (χ1) is 9.06. The molecule has 2 N–H and O–H groups in total. The molecule has 1 fully saturated rings. The Hall–Kier alpha value is -1.46. The van der Waals surface area contributed by atoms with E-state index in [9.17, 15) is 14.3 Å². The van der Waals surface area contributed by atoms with Gasteiger partial charge in [0.15, 0.2) is 0 Å². The van der Waals surface area contributed by atoms with Gasteiger partial charge >= 0.3 is 0 Å². The number of likely N-dealkylation sites (tertiary alicyclic amines) is 1.